The van der Waals surface area contributed by atoms with Crippen LogP contribution in [0.4, 0.5) is 0 Å². The number of hydrogen-bond donors (Lipinski definition) is 3. The topological polar surface area (TPSA) is 79.8 Å². The van der Waals surface area contributed by atoms with Crippen LogP contribution in [-0.2, 0) is 17.8 Å². The van der Waals surface area contributed by atoms with E-state index in [1.54, 1.807) is 0 Å². The fourth-order valence-corrected chi connectivity index (χ4v) is 3.13. The summed E-state index contributed by atoms with van der Waals surface area (Å²) in [5.74, 6) is 1.57. The second-order valence-corrected chi connectivity index (χ2v) is 6.20. The number of benzene rings is 1. The first-order valence-electron chi connectivity index (χ1n) is 8.21. The van der Waals surface area contributed by atoms with Gasteiger partial charge in [0.1, 0.15) is 17.6 Å². The molecular formula is C17H24N2O4. The number of aliphatic hydroxyl groups is 1. The molecule has 0 unspecified atom stereocenters. The van der Waals surface area contributed by atoms with Gasteiger partial charge in [-0.1, -0.05) is 0 Å². The van der Waals surface area contributed by atoms with Crippen LogP contribution < -0.4 is 20.1 Å². The van der Waals surface area contributed by atoms with E-state index in [0.717, 1.165) is 29.0 Å². The van der Waals surface area contributed by atoms with Gasteiger partial charge in [0.15, 0.2) is 0 Å². The minimum absolute atomic E-state index is 0.0983. The van der Waals surface area contributed by atoms with Gasteiger partial charge in [0, 0.05) is 30.6 Å². The zero-order valence-corrected chi connectivity index (χ0v) is 13.6. The third kappa shape index (κ3) is 3.59. The molecule has 126 valence electrons. The van der Waals surface area contributed by atoms with Gasteiger partial charge in [0.2, 0.25) is 5.91 Å². The summed E-state index contributed by atoms with van der Waals surface area (Å²) in [5.41, 5.74) is 2.06. The molecule has 1 aromatic carbocycles. The highest BCUT2D eigenvalue weighted by Crippen LogP contribution is 2.35. The second kappa shape index (κ2) is 6.76. The molecule has 1 aromatic rings. The predicted molar refractivity (Wildman–Crippen MR) is 85.7 cm³/mol. The normalized spacial score (nSPS) is 25.8. The van der Waals surface area contributed by atoms with Gasteiger partial charge < -0.3 is 25.2 Å². The summed E-state index contributed by atoms with van der Waals surface area (Å²) in [7, 11) is 0. The standard InChI is InChI=1S/C17H24N2O4/c1-3-22-15-5-11-4-10(2)23-16(11)6-12(15)8-19-17(21)14-7-13(20)9-18-14/h5-6,10,13-14,18,20H,3-4,7-9H2,1-2H3,(H,19,21)/t10-,13+,14+/m1/s1. The van der Waals surface area contributed by atoms with E-state index in [0.29, 0.717) is 26.1 Å². The molecule has 0 bridgehead atoms. The number of carbonyl (C=O) groups excluding carboxylic acids is 1. The highest BCUT2D eigenvalue weighted by molar-refractivity contribution is 5.82. The van der Waals surface area contributed by atoms with Crippen molar-refractivity contribution >= 4 is 5.91 Å². The molecule has 1 saturated heterocycles. The predicted octanol–water partition coefficient (Wildman–Crippen LogP) is 0.748. The van der Waals surface area contributed by atoms with Gasteiger partial charge in [-0.25, -0.2) is 0 Å². The molecule has 0 aliphatic carbocycles. The lowest BCUT2D eigenvalue weighted by Crippen LogP contribution is -2.40. The molecule has 0 radical (unpaired) electrons. The molecule has 1 fully saturated rings. The van der Waals surface area contributed by atoms with Crippen molar-refractivity contribution in [3.8, 4) is 11.5 Å². The number of amides is 1. The van der Waals surface area contributed by atoms with Crippen molar-refractivity contribution in [2.24, 2.45) is 0 Å². The Morgan fingerprint density at radius 3 is 3.04 bits per heavy atom. The van der Waals surface area contributed by atoms with Gasteiger partial charge in [-0.2, -0.15) is 0 Å². The molecule has 3 atom stereocenters. The smallest absolute Gasteiger partial charge is 0.237 e. The quantitative estimate of drug-likeness (QED) is 0.746. The summed E-state index contributed by atoms with van der Waals surface area (Å²) in [6.45, 7) is 5.41. The third-order valence-corrected chi connectivity index (χ3v) is 4.26. The van der Waals surface area contributed by atoms with Crippen molar-refractivity contribution in [2.45, 2.75) is 51.5 Å². The van der Waals surface area contributed by atoms with Crippen molar-refractivity contribution in [3.63, 3.8) is 0 Å². The van der Waals surface area contributed by atoms with E-state index in [-0.39, 0.29) is 18.1 Å². The van der Waals surface area contributed by atoms with Gasteiger partial charge >= 0.3 is 0 Å². The van der Waals surface area contributed by atoms with Crippen molar-refractivity contribution in [3.05, 3.63) is 23.3 Å². The molecule has 3 N–H and O–H groups in total. The molecule has 0 aromatic heterocycles. The molecule has 2 heterocycles. The average Bonchev–Trinajstić information content (AvgIpc) is 3.09. The summed E-state index contributed by atoms with van der Waals surface area (Å²) < 4.78 is 11.5. The van der Waals surface area contributed by atoms with E-state index >= 15 is 0 Å². The Kier molecular flexibility index (Phi) is 4.73. The average molecular weight is 320 g/mol. The fraction of sp³-hybridized carbons (Fsp3) is 0.588. The Labute approximate surface area is 136 Å². The number of aliphatic hydroxyl groups excluding tert-OH is 1. The van der Waals surface area contributed by atoms with E-state index in [4.69, 9.17) is 9.47 Å². The van der Waals surface area contributed by atoms with Gasteiger partial charge in [-0.05, 0) is 32.4 Å². The van der Waals surface area contributed by atoms with Gasteiger partial charge in [0.25, 0.3) is 0 Å². The zero-order valence-electron chi connectivity index (χ0n) is 13.6. The van der Waals surface area contributed by atoms with Crippen LogP contribution in [-0.4, -0.2) is 42.4 Å². The molecule has 23 heavy (non-hydrogen) atoms. The molecule has 2 aliphatic rings. The van der Waals surface area contributed by atoms with Gasteiger partial charge in [0.05, 0.1) is 18.8 Å². The Hall–Kier alpha value is -1.79. The SMILES string of the molecule is CCOc1cc2c(cc1CNC(=O)[C@@H]1C[C@H](O)CN1)O[C@H](C)C2. The summed E-state index contributed by atoms with van der Waals surface area (Å²) in [6, 6.07) is 3.65. The van der Waals surface area contributed by atoms with Gasteiger partial charge in [-0.3, -0.25) is 4.79 Å². The molecule has 0 saturated carbocycles. The van der Waals surface area contributed by atoms with Crippen LogP contribution in [0.2, 0.25) is 0 Å². The highest BCUT2D eigenvalue weighted by atomic mass is 16.5. The third-order valence-electron chi connectivity index (χ3n) is 4.26. The number of rotatable bonds is 5. The van der Waals surface area contributed by atoms with Crippen molar-refractivity contribution in [2.75, 3.05) is 13.2 Å². The van der Waals surface area contributed by atoms with Crippen LogP contribution in [0.5, 0.6) is 11.5 Å². The maximum Gasteiger partial charge on any atom is 0.237 e. The largest absolute Gasteiger partial charge is 0.494 e. The fourth-order valence-electron chi connectivity index (χ4n) is 3.13. The lowest BCUT2D eigenvalue weighted by Gasteiger charge is -2.15. The van der Waals surface area contributed by atoms with Crippen LogP contribution in [0.3, 0.4) is 0 Å². The number of β-amino-alcohol motifs (C(OH)–C–C–N with tert-alkyl or cyclic N) is 1. The number of hydrogen-bond acceptors (Lipinski definition) is 5. The molecule has 6 nitrogen and oxygen atoms in total. The number of ether oxygens (including phenoxy) is 2. The summed E-state index contributed by atoms with van der Waals surface area (Å²) in [5, 5.41) is 15.4. The number of carbonyl (C=O) groups is 1. The Bertz CT molecular complexity index is 590. The van der Waals surface area contributed by atoms with E-state index < -0.39 is 6.10 Å². The molecule has 6 heteroatoms. The van der Waals surface area contributed by atoms with Gasteiger partial charge in [-0.15, -0.1) is 0 Å². The summed E-state index contributed by atoms with van der Waals surface area (Å²) >= 11 is 0. The van der Waals surface area contributed by atoms with Crippen LogP contribution >= 0.6 is 0 Å². The van der Waals surface area contributed by atoms with Crippen molar-refractivity contribution < 1.29 is 19.4 Å². The Morgan fingerprint density at radius 1 is 1.52 bits per heavy atom. The van der Waals surface area contributed by atoms with Crippen molar-refractivity contribution in [1.82, 2.24) is 10.6 Å². The molecule has 2 aliphatic heterocycles. The van der Waals surface area contributed by atoms with E-state index in [1.165, 1.54) is 0 Å². The minimum atomic E-state index is -0.445. The van der Waals surface area contributed by atoms with E-state index in [2.05, 4.69) is 10.6 Å². The number of nitrogens with one attached hydrogen (secondary N) is 2. The molecule has 1 amide bonds. The van der Waals surface area contributed by atoms with Crippen LogP contribution in [0, 0.1) is 0 Å². The highest BCUT2D eigenvalue weighted by Gasteiger charge is 2.28. The Balaban J connectivity index is 1.69. The second-order valence-electron chi connectivity index (χ2n) is 6.20. The zero-order chi connectivity index (χ0) is 16.4. The minimum Gasteiger partial charge on any atom is -0.494 e. The maximum absolute atomic E-state index is 12.2. The van der Waals surface area contributed by atoms with E-state index in [1.807, 2.05) is 26.0 Å². The first-order valence-corrected chi connectivity index (χ1v) is 8.21. The van der Waals surface area contributed by atoms with E-state index in [9.17, 15) is 9.90 Å². The maximum atomic E-state index is 12.2. The summed E-state index contributed by atoms with van der Waals surface area (Å²) in [4.78, 5) is 12.2. The monoisotopic (exact) mass is 320 g/mol. The van der Waals surface area contributed by atoms with Crippen LogP contribution in [0.15, 0.2) is 12.1 Å². The first-order chi connectivity index (χ1) is 11.1. The lowest BCUT2D eigenvalue weighted by molar-refractivity contribution is -0.123. The van der Waals surface area contributed by atoms with Crippen molar-refractivity contribution in [1.29, 1.82) is 0 Å². The lowest BCUT2D eigenvalue weighted by atomic mass is 10.1. The molecular weight excluding hydrogens is 296 g/mol. The van der Waals surface area contributed by atoms with Crippen LogP contribution in [0.1, 0.15) is 31.4 Å². The Morgan fingerprint density at radius 2 is 2.35 bits per heavy atom. The first kappa shape index (κ1) is 16.1. The summed E-state index contributed by atoms with van der Waals surface area (Å²) in [6.07, 6.45) is 1.06. The molecule has 0 spiro atoms. The van der Waals surface area contributed by atoms with Crippen LogP contribution in [0.25, 0.3) is 0 Å². The number of fused-ring (bicyclic) bond motifs is 1. The molecule has 3 rings (SSSR count).